The molecule has 0 aromatic carbocycles. The SMILES string of the molecule is CCc1ccc(C(NN)C(C)(C)C)s1. The van der Waals surface area contributed by atoms with Crippen LogP contribution in [0.2, 0.25) is 0 Å². The summed E-state index contributed by atoms with van der Waals surface area (Å²) in [6.07, 6.45) is 1.10. The minimum absolute atomic E-state index is 0.157. The van der Waals surface area contributed by atoms with E-state index in [0.29, 0.717) is 0 Å². The molecule has 1 aromatic rings. The fraction of sp³-hybridized carbons (Fsp3) is 0.636. The van der Waals surface area contributed by atoms with E-state index in [4.69, 9.17) is 5.84 Å². The van der Waals surface area contributed by atoms with Gasteiger partial charge in [-0.25, -0.2) is 0 Å². The van der Waals surface area contributed by atoms with E-state index < -0.39 is 0 Å². The molecule has 0 bridgehead atoms. The zero-order chi connectivity index (χ0) is 10.8. The summed E-state index contributed by atoms with van der Waals surface area (Å²) in [7, 11) is 0. The first-order chi connectivity index (χ1) is 6.49. The summed E-state index contributed by atoms with van der Waals surface area (Å²) >= 11 is 1.85. The van der Waals surface area contributed by atoms with Gasteiger partial charge in [0.25, 0.3) is 0 Å². The minimum atomic E-state index is 0.157. The number of thiophene rings is 1. The van der Waals surface area contributed by atoms with Crippen molar-refractivity contribution in [1.82, 2.24) is 5.43 Å². The second-order valence-electron chi connectivity index (χ2n) is 4.62. The van der Waals surface area contributed by atoms with Crippen LogP contribution in [-0.2, 0) is 6.42 Å². The average Bonchev–Trinajstić information content (AvgIpc) is 2.51. The number of rotatable bonds is 3. The Morgan fingerprint density at radius 1 is 1.43 bits per heavy atom. The van der Waals surface area contributed by atoms with Gasteiger partial charge in [0, 0.05) is 9.75 Å². The van der Waals surface area contributed by atoms with Crippen LogP contribution < -0.4 is 11.3 Å². The molecule has 0 spiro atoms. The minimum Gasteiger partial charge on any atom is -0.271 e. The maximum Gasteiger partial charge on any atom is 0.0601 e. The van der Waals surface area contributed by atoms with Crippen molar-refractivity contribution in [3.8, 4) is 0 Å². The summed E-state index contributed by atoms with van der Waals surface area (Å²) in [6.45, 7) is 8.77. The van der Waals surface area contributed by atoms with E-state index in [1.54, 1.807) is 0 Å². The molecule has 0 radical (unpaired) electrons. The van der Waals surface area contributed by atoms with Gasteiger partial charge in [-0.2, -0.15) is 0 Å². The van der Waals surface area contributed by atoms with Crippen molar-refractivity contribution in [1.29, 1.82) is 0 Å². The zero-order valence-corrected chi connectivity index (χ0v) is 10.2. The molecule has 0 saturated carbocycles. The number of hydrogen-bond donors (Lipinski definition) is 2. The Labute approximate surface area is 90.5 Å². The Kier molecular flexibility index (Phi) is 3.70. The lowest BCUT2D eigenvalue weighted by atomic mass is 9.86. The van der Waals surface area contributed by atoms with E-state index in [0.717, 1.165) is 6.42 Å². The van der Waals surface area contributed by atoms with Gasteiger partial charge in [0.05, 0.1) is 6.04 Å². The fourth-order valence-electron chi connectivity index (χ4n) is 1.50. The van der Waals surface area contributed by atoms with E-state index in [1.807, 2.05) is 11.3 Å². The maximum atomic E-state index is 5.60. The summed E-state index contributed by atoms with van der Waals surface area (Å²) in [5.74, 6) is 5.60. The van der Waals surface area contributed by atoms with Crippen LogP contribution in [0.4, 0.5) is 0 Å². The van der Waals surface area contributed by atoms with Crippen LogP contribution in [0, 0.1) is 5.41 Å². The maximum absolute atomic E-state index is 5.60. The Morgan fingerprint density at radius 2 is 2.07 bits per heavy atom. The van der Waals surface area contributed by atoms with Gasteiger partial charge in [-0.15, -0.1) is 11.3 Å². The molecule has 0 fully saturated rings. The van der Waals surface area contributed by atoms with Gasteiger partial charge >= 0.3 is 0 Å². The summed E-state index contributed by atoms with van der Waals surface area (Å²) < 4.78 is 0. The van der Waals surface area contributed by atoms with Gasteiger partial charge < -0.3 is 0 Å². The summed E-state index contributed by atoms with van der Waals surface area (Å²) in [4.78, 5) is 2.75. The topological polar surface area (TPSA) is 38.0 Å². The Morgan fingerprint density at radius 3 is 2.43 bits per heavy atom. The highest BCUT2D eigenvalue weighted by atomic mass is 32.1. The van der Waals surface area contributed by atoms with Crippen LogP contribution in [0.5, 0.6) is 0 Å². The van der Waals surface area contributed by atoms with E-state index >= 15 is 0 Å². The standard InChI is InChI=1S/C11H20N2S/c1-5-8-6-7-9(14-8)10(13-12)11(2,3)4/h6-7,10,13H,5,12H2,1-4H3. The highest BCUT2D eigenvalue weighted by molar-refractivity contribution is 7.12. The van der Waals surface area contributed by atoms with Crippen LogP contribution >= 0.6 is 11.3 Å². The third-order valence-corrected chi connectivity index (χ3v) is 3.64. The van der Waals surface area contributed by atoms with Gasteiger partial charge in [-0.3, -0.25) is 11.3 Å². The number of hydrogen-bond acceptors (Lipinski definition) is 3. The molecule has 2 nitrogen and oxygen atoms in total. The molecule has 14 heavy (non-hydrogen) atoms. The van der Waals surface area contributed by atoms with Crippen molar-refractivity contribution in [2.24, 2.45) is 11.3 Å². The first-order valence-corrected chi connectivity index (χ1v) is 5.85. The summed E-state index contributed by atoms with van der Waals surface area (Å²) in [6, 6.07) is 4.61. The number of hydrazine groups is 1. The molecule has 1 heterocycles. The Balaban J connectivity index is 2.90. The van der Waals surface area contributed by atoms with Crippen LogP contribution in [0.15, 0.2) is 12.1 Å². The molecule has 1 aromatic heterocycles. The Hall–Kier alpha value is -0.380. The summed E-state index contributed by atoms with van der Waals surface area (Å²) in [5, 5.41) is 0. The average molecular weight is 212 g/mol. The molecule has 0 aliphatic heterocycles. The molecule has 1 rings (SSSR count). The van der Waals surface area contributed by atoms with Gasteiger partial charge in [0.15, 0.2) is 0 Å². The van der Waals surface area contributed by atoms with E-state index in [2.05, 4.69) is 45.3 Å². The van der Waals surface area contributed by atoms with Crippen LogP contribution in [0.25, 0.3) is 0 Å². The second-order valence-corrected chi connectivity index (χ2v) is 5.82. The van der Waals surface area contributed by atoms with E-state index in [1.165, 1.54) is 9.75 Å². The zero-order valence-electron chi connectivity index (χ0n) is 9.42. The highest BCUT2D eigenvalue weighted by Gasteiger charge is 2.26. The van der Waals surface area contributed by atoms with E-state index in [9.17, 15) is 0 Å². The first-order valence-electron chi connectivity index (χ1n) is 5.03. The van der Waals surface area contributed by atoms with Crippen LogP contribution in [-0.4, -0.2) is 0 Å². The lowest BCUT2D eigenvalue weighted by Crippen LogP contribution is -2.36. The molecule has 3 heteroatoms. The normalized spacial score (nSPS) is 14.4. The van der Waals surface area contributed by atoms with Crippen LogP contribution in [0.3, 0.4) is 0 Å². The van der Waals surface area contributed by atoms with Gasteiger partial charge in [-0.05, 0) is 24.0 Å². The third kappa shape index (κ3) is 2.56. The third-order valence-electron chi connectivity index (χ3n) is 2.35. The predicted molar refractivity (Wildman–Crippen MR) is 63.2 cm³/mol. The summed E-state index contributed by atoms with van der Waals surface area (Å²) in [5.41, 5.74) is 3.06. The molecule has 1 unspecified atom stereocenters. The van der Waals surface area contributed by atoms with Gasteiger partial charge in [0.1, 0.15) is 0 Å². The van der Waals surface area contributed by atoms with Crippen molar-refractivity contribution in [2.75, 3.05) is 0 Å². The fourth-order valence-corrected chi connectivity index (χ4v) is 2.76. The monoisotopic (exact) mass is 212 g/mol. The number of aryl methyl sites for hydroxylation is 1. The van der Waals surface area contributed by atoms with Crippen molar-refractivity contribution in [3.05, 3.63) is 21.9 Å². The quantitative estimate of drug-likeness (QED) is 0.597. The Bertz CT molecular complexity index is 286. The molecule has 1 atom stereocenters. The first kappa shape index (κ1) is 11.7. The van der Waals surface area contributed by atoms with Crippen molar-refractivity contribution in [3.63, 3.8) is 0 Å². The second kappa shape index (κ2) is 4.43. The largest absolute Gasteiger partial charge is 0.271 e. The van der Waals surface area contributed by atoms with Gasteiger partial charge in [0.2, 0.25) is 0 Å². The molecular weight excluding hydrogens is 192 g/mol. The van der Waals surface area contributed by atoms with Gasteiger partial charge in [-0.1, -0.05) is 27.7 Å². The number of nitrogens with one attached hydrogen (secondary N) is 1. The molecule has 3 N–H and O–H groups in total. The molecular formula is C11H20N2S. The molecule has 0 amide bonds. The van der Waals surface area contributed by atoms with Crippen LogP contribution in [0.1, 0.15) is 43.5 Å². The lowest BCUT2D eigenvalue weighted by Gasteiger charge is -2.29. The molecule has 0 saturated heterocycles. The lowest BCUT2D eigenvalue weighted by molar-refractivity contribution is 0.279. The van der Waals surface area contributed by atoms with E-state index in [-0.39, 0.29) is 11.5 Å². The van der Waals surface area contributed by atoms with Crippen molar-refractivity contribution >= 4 is 11.3 Å². The van der Waals surface area contributed by atoms with Crippen molar-refractivity contribution < 1.29 is 0 Å². The predicted octanol–water partition coefficient (Wildman–Crippen LogP) is 2.86. The molecule has 80 valence electrons. The highest BCUT2D eigenvalue weighted by Crippen LogP contribution is 2.35. The molecule has 0 aliphatic carbocycles. The number of nitrogens with two attached hydrogens (primary N) is 1. The molecule has 0 aliphatic rings. The smallest absolute Gasteiger partial charge is 0.0601 e. The van der Waals surface area contributed by atoms with Crippen molar-refractivity contribution in [2.45, 2.75) is 40.2 Å².